The first-order valence-electron chi connectivity index (χ1n) is 2.86. The summed E-state index contributed by atoms with van der Waals surface area (Å²) in [7, 11) is -3.64. The quantitative estimate of drug-likeness (QED) is 0.575. The van der Waals surface area contributed by atoms with Gasteiger partial charge in [0, 0.05) is 6.66 Å². The summed E-state index contributed by atoms with van der Waals surface area (Å²) < 4.78 is 9.33. The largest absolute Gasteiger partial charge is 0.325 e. The SMILES string of the molecule is CP(=O)(O)O.c1ccccc#1. The summed E-state index contributed by atoms with van der Waals surface area (Å²) in [4.78, 5) is 15.3. The van der Waals surface area contributed by atoms with Gasteiger partial charge < -0.3 is 9.79 Å². The van der Waals surface area contributed by atoms with E-state index in [0.717, 1.165) is 6.66 Å². The third-order valence-electron chi connectivity index (χ3n) is 0.554. The predicted octanol–water partition coefficient (Wildman–Crippen LogP) is 1.08. The number of rotatable bonds is 0. The molecular formula is C7H9O3P. The molecule has 0 fully saturated rings. The first kappa shape index (κ1) is 10.2. The fourth-order valence-corrected chi connectivity index (χ4v) is 0.304. The van der Waals surface area contributed by atoms with Crippen molar-refractivity contribution in [2.75, 3.05) is 6.66 Å². The predicted molar refractivity (Wildman–Crippen MR) is 42.1 cm³/mol. The first-order valence-corrected chi connectivity index (χ1v) is 4.92. The lowest BCUT2D eigenvalue weighted by atomic mass is 10.4. The zero-order valence-corrected chi connectivity index (χ0v) is 6.95. The molecule has 60 valence electrons. The van der Waals surface area contributed by atoms with E-state index in [0.29, 0.717) is 0 Å². The molecule has 0 bridgehead atoms. The second-order valence-electron chi connectivity index (χ2n) is 1.84. The number of hydrogen-bond acceptors (Lipinski definition) is 1. The monoisotopic (exact) mass is 172 g/mol. The van der Waals surface area contributed by atoms with Crippen LogP contribution in [0.2, 0.25) is 0 Å². The van der Waals surface area contributed by atoms with Gasteiger partial charge >= 0.3 is 7.60 Å². The van der Waals surface area contributed by atoms with E-state index in [9.17, 15) is 4.57 Å². The minimum atomic E-state index is -3.64. The number of hydrogen-bond donors (Lipinski definition) is 2. The van der Waals surface area contributed by atoms with Gasteiger partial charge in [-0.2, -0.15) is 0 Å². The summed E-state index contributed by atoms with van der Waals surface area (Å²) >= 11 is 0. The molecule has 3 nitrogen and oxygen atoms in total. The van der Waals surface area contributed by atoms with E-state index >= 15 is 0 Å². The fourth-order valence-electron chi connectivity index (χ4n) is 0.304. The first-order chi connectivity index (χ1) is 5.00. The van der Waals surface area contributed by atoms with Crippen LogP contribution in [0.4, 0.5) is 0 Å². The third kappa shape index (κ3) is 17.6. The van der Waals surface area contributed by atoms with Crippen LogP contribution in [0.3, 0.4) is 0 Å². The topological polar surface area (TPSA) is 57.5 Å². The molecule has 0 aliphatic heterocycles. The Bertz CT molecular complexity index is 181. The Morgan fingerprint density at radius 1 is 1.18 bits per heavy atom. The summed E-state index contributed by atoms with van der Waals surface area (Å²) in [5.41, 5.74) is 0. The Labute approximate surface area is 65.9 Å². The highest BCUT2D eigenvalue weighted by Gasteiger charge is 1.95. The van der Waals surface area contributed by atoms with Crippen molar-refractivity contribution in [2.45, 2.75) is 0 Å². The Morgan fingerprint density at radius 3 is 1.55 bits per heavy atom. The molecule has 11 heavy (non-hydrogen) atoms. The van der Waals surface area contributed by atoms with Gasteiger partial charge in [-0.05, 0) is 12.1 Å². The molecule has 0 aliphatic rings. The highest BCUT2D eigenvalue weighted by atomic mass is 31.2. The molecule has 0 atom stereocenters. The molecule has 0 unspecified atom stereocenters. The lowest BCUT2D eigenvalue weighted by Crippen LogP contribution is -1.64. The van der Waals surface area contributed by atoms with Crippen LogP contribution in [-0.4, -0.2) is 16.5 Å². The molecule has 2 N–H and O–H groups in total. The van der Waals surface area contributed by atoms with Crippen molar-refractivity contribution in [1.82, 2.24) is 0 Å². The zero-order valence-electron chi connectivity index (χ0n) is 6.06. The summed E-state index contributed by atoms with van der Waals surface area (Å²) in [6, 6.07) is 13.0. The molecule has 0 heterocycles. The molecule has 1 rings (SSSR count). The minimum absolute atomic E-state index is 0.854. The summed E-state index contributed by atoms with van der Waals surface area (Å²) in [6.45, 7) is 0.854. The van der Waals surface area contributed by atoms with Gasteiger partial charge in [0.2, 0.25) is 0 Å². The molecular weight excluding hydrogens is 163 g/mol. The van der Waals surface area contributed by atoms with Crippen LogP contribution in [0, 0.1) is 12.1 Å². The van der Waals surface area contributed by atoms with Gasteiger partial charge in [0.05, 0.1) is 0 Å². The highest BCUT2D eigenvalue weighted by molar-refractivity contribution is 7.50. The van der Waals surface area contributed by atoms with Crippen LogP contribution in [0.1, 0.15) is 0 Å². The molecule has 1 aromatic carbocycles. The maximum absolute atomic E-state index is 9.33. The van der Waals surface area contributed by atoms with Crippen molar-refractivity contribution in [1.29, 1.82) is 0 Å². The average Bonchev–Trinajstić information content (AvgIpc) is 1.88. The van der Waals surface area contributed by atoms with Crippen LogP contribution < -0.4 is 0 Å². The Kier molecular flexibility index (Phi) is 4.56. The third-order valence-corrected chi connectivity index (χ3v) is 0.554. The van der Waals surface area contributed by atoms with E-state index in [-0.39, 0.29) is 0 Å². The van der Waals surface area contributed by atoms with Gasteiger partial charge in [-0.3, -0.25) is 4.57 Å². The van der Waals surface area contributed by atoms with Crippen LogP contribution >= 0.6 is 7.60 Å². The van der Waals surface area contributed by atoms with Crippen molar-refractivity contribution in [3.8, 4) is 0 Å². The zero-order chi connectivity index (χ0) is 8.74. The van der Waals surface area contributed by atoms with Crippen molar-refractivity contribution >= 4 is 7.60 Å². The smallest absolute Gasteiger partial charge is 0.322 e. The minimum Gasteiger partial charge on any atom is -0.325 e. The van der Waals surface area contributed by atoms with E-state index in [4.69, 9.17) is 9.79 Å². The maximum atomic E-state index is 9.33. The van der Waals surface area contributed by atoms with E-state index in [2.05, 4.69) is 12.1 Å². The lowest BCUT2D eigenvalue weighted by molar-refractivity contribution is 0.381. The molecule has 0 amide bonds. The van der Waals surface area contributed by atoms with Crippen molar-refractivity contribution < 1.29 is 14.4 Å². The van der Waals surface area contributed by atoms with Crippen molar-refractivity contribution in [2.24, 2.45) is 0 Å². The van der Waals surface area contributed by atoms with Crippen molar-refractivity contribution in [3.05, 3.63) is 36.4 Å². The summed E-state index contributed by atoms with van der Waals surface area (Å²) in [6.07, 6.45) is 0. The molecule has 0 spiro atoms. The van der Waals surface area contributed by atoms with E-state index in [1.54, 1.807) is 0 Å². The molecule has 1 aromatic rings. The second kappa shape index (κ2) is 4.92. The van der Waals surface area contributed by atoms with Crippen LogP contribution in [0.25, 0.3) is 0 Å². The van der Waals surface area contributed by atoms with E-state index in [1.165, 1.54) is 0 Å². The normalized spacial score (nSPS) is 9.00. The Hall–Kier alpha value is -0.810. The Balaban J connectivity index is 0.000000187. The van der Waals surface area contributed by atoms with Gasteiger partial charge in [0.1, 0.15) is 0 Å². The standard InChI is InChI=1S/C6H4.CH5O3P/c1-2-4-6-5-3-1;1-5(2,3)4/h1-4H;1H3,(H2,2,3,4). The van der Waals surface area contributed by atoms with Crippen LogP contribution in [-0.2, 0) is 4.57 Å². The molecule has 0 aliphatic carbocycles. The second-order valence-corrected chi connectivity index (χ2v) is 3.51. The van der Waals surface area contributed by atoms with Gasteiger partial charge in [-0.15, -0.1) is 0 Å². The van der Waals surface area contributed by atoms with Gasteiger partial charge in [0.25, 0.3) is 0 Å². The van der Waals surface area contributed by atoms with E-state index in [1.807, 2.05) is 24.3 Å². The van der Waals surface area contributed by atoms with Gasteiger partial charge in [0.15, 0.2) is 0 Å². The van der Waals surface area contributed by atoms with Gasteiger partial charge in [-0.25, -0.2) is 0 Å². The Morgan fingerprint density at radius 2 is 1.45 bits per heavy atom. The molecule has 0 radical (unpaired) electrons. The summed E-state index contributed by atoms with van der Waals surface area (Å²) in [5.74, 6) is 0. The molecule has 0 saturated heterocycles. The fraction of sp³-hybridized carbons (Fsp3) is 0.143. The maximum Gasteiger partial charge on any atom is 0.322 e. The van der Waals surface area contributed by atoms with Crippen LogP contribution in [0.15, 0.2) is 24.3 Å². The van der Waals surface area contributed by atoms with Gasteiger partial charge in [-0.1, -0.05) is 24.3 Å². The molecule has 4 heteroatoms. The summed E-state index contributed by atoms with van der Waals surface area (Å²) in [5, 5.41) is 0. The average molecular weight is 172 g/mol. The van der Waals surface area contributed by atoms with E-state index < -0.39 is 7.60 Å². The molecule has 0 aromatic heterocycles. The van der Waals surface area contributed by atoms with Crippen LogP contribution in [0.5, 0.6) is 0 Å². The lowest BCUT2D eigenvalue weighted by Gasteiger charge is -1.84. The highest BCUT2D eigenvalue weighted by Crippen LogP contribution is 2.26. The van der Waals surface area contributed by atoms with Crippen molar-refractivity contribution in [3.63, 3.8) is 0 Å². The molecule has 0 saturated carbocycles.